The molecule has 4 heteroatoms. The highest BCUT2D eigenvalue weighted by Crippen LogP contribution is 2.33. The predicted octanol–water partition coefficient (Wildman–Crippen LogP) is 3.83. The Bertz CT molecular complexity index is 734. The molecular formula is C15H16N2OS. The fourth-order valence-electron chi connectivity index (χ4n) is 2.09. The number of thiophene rings is 1. The molecule has 0 unspecified atom stereocenters. The Morgan fingerprint density at radius 3 is 2.63 bits per heavy atom. The third-order valence-electron chi connectivity index (χ3n) is 3.17. The summed E-state index contributed by atoms with van der Waals surface area (Å²) < 4.78 is 0. The van der Waals surface area contributed by atoms with Gasteiger partial charge in [0.05, 0.1) is 21.5 Å². The fourth-order valence-corrected chi connectivity index (χ4v) is 3.04. The van der Waals surface area contributed by atoms with Crippen LogP contribution in [0.3, 0.4) is 0 Å². The van der Waals surface area contributed by atoms with Crippen LogP contribution >= 0.6 is 11.3 Å². The molecule has 0 saturated heterocycles. The Morgan fingerprint density at radius 2 is 2.00 bits per heavy atom. The number of para-hydroxylation sites is 1. The van der Waals surface area contributed by atoms with Crippen molar-refractivity contribution < 1.29 is 5.11 Å². The van der Waals surface area contributed by atoms with Gasteiger partial charge < -0.3 is 10.1 Å². The summed E-state index contributed by atoms with van der Waals surface area (Å²) in [5.74, 6) is 0.866. The third-order valence-corrected chi connectivity index (χ3v) is 4.57. The van der Waals surface area contributed by atoms with Crippen molar-refractivity contribution in [2.24, 2.45) is 0 Å². The van der Waals surface area contributed by atoms with E-state index in [2.05, 4.69) is 23.0 Å². The van der Waals surface area contributed by atoms with E-state index in [0.29, 0.717) is 0 Å². The van der Waals surface area contributed by atoms with E-state index in [1.165, 1.54) is 5.56 Å². The van der Waals surface area contributed by atoms with Gasteiger partial charge in [-0.1, -0.05) is 12.1 Å². The van der Waals surface area contributed by atoms with Crippen molar-refractivity contribution >= 4 is 22.4 Å². The largest absolute Gasteiger partial charge is 0.385 e. The molecule has 0 amide bonds. The second-order valence-electron chi connectivity index (χ2n) is 5.28. The first kappa shape index (κ1) is 12.4. The highest BCUT2D eigenvalue weighted by atomic mass is 32.1. The number of aliphatic hydroxyl groups is 1. The molecule has 2 aromatic heterocycles. The van der Waals surface area contributed by atoms with Gasteiger partial charge in [-0.05, 0) is 44.5 Å². The van der Waals surface area contributed by atoms with Crippen molar-refractivity contribution in [2.45, 2.75) is 26.4 Å². The van der Waals surface area contributed by atoms with Gasteiger partial charge in [-0.25, -0.2) is 4.98 Å². The zero-order valence-electron chi connectivity index (χ0n) is 11.2. The van der Waals surface area contributed by atoms with Gasteiger partial charge in [-0.2, -0.15) is 0 Å². The maximum absolute atomic E-state index is 10.0. The molecule has 3 nitrogen and oxygen atoms in total. The third kappa shape index (κ3) is 2.17. The standard InChI is InChI=1S/C15H16N2OS/c1-9-5-4-6-10-13(9)17-14(16-10)11-7-8-12(19-11)15(2,3)18/h4-8,18H,1-3H3,(H,16,17). The highest BCUT2D eigenvalue weighted by Gasteiger charge is 2.19. The van der Waals surface area contributed by atoms with Crippen molar-refractivity contribution in [1.82, 2.24) is 9.97 Å². The Hall–Kier alpha value is -1.65. The molecule has 3 aromatic rings. The zero-order valence-corrected chi connectivity index (χ0v) is 12.0. The number of aryl methyl sites for hydroxylation is 1. The number of imidazole rings is 1. The first-order valence-electron chi connectivity index (χ1n) is 6.23. The van der Waals surface area contributed by atoms with Crippen LogP contribution in [0, 0.1) is 6.92 Å². The van der Waals surface area contributed by atoms with Crippen LogP contribution in [0.5, 0.6) is 0 Å². The Labute approximate surface area is 115 Å². The van der Waals surface area contributed by atoms with Crippen LogP contribution in [0.25, 0.3) is 21.7 Å². The van der Waals surface area contributed by atoms with Crippen LogP contribution < -0.4 is 0 Å². The number of aromatic nitrogens is 2. The smallest absolute Gasteiger partial charge is 0.148 e. The van der Waals surface area contributed by atoms with Gasteiger partial charge in [-0.15, -0.1) is 11.3 Å². The first-order valence-corrected chi connectivity index (χ1v) is 7.05. The number of H-pyrrole nitrogens is 1. The first-order chi connectivity index (χ1) is 8.95. The number of nitrogens with zero attached hydrogens (tertiary/aromatic N) is 1. The lowest BCUT2D eigenvalue weighted by atomic mass is 10.1. The molecule has 0 aliphatic rings. The molecule has 98 valence electrons. The Kier molecular flexibility index (Phi) is 2.73. The highest BCUT2D eigenvalue weighted by molar-refractivity contribution is 7.15. The van der Waals surface area contributed by atoms with E-state index in [-0.39, 0.29) is 0 Å². The zero-order chi connectivity index (χ0) is 13.6. The van der Waals surface area contributed by atoms with Crippen LogP contribution in [0.2, 0.25) is 0 Å². The molecule has 0 bridgehead atoms. The maximum atomic E-state index is 10.0. The molecule has 0 spiro atoms. The predicted molar refractivity (Wildman–Crippen MR) is 79.4 cm³/mol. The van der Waals surface area contributed by atoms with Crippen LogP contribution in [-0.4, -0.2) is 15.1 Å². The average molecular weight is 272 g/mol. The Balaban J connectivity index is 2.09. The summed E-state index contributed by atoms with van der Waals surface area (Å²) in [6, 6.07) is 10.1. The minimum Gasteiger partial charge on any atom is -0.385 e. The average Bonchev–Trinajstić information content (AvgIpc) is 2.94. The van der Waals surface area contributed by atoms with Gasteiger partial charge in [0, 0.05) is 4.88 Å². The number of fused-ring (bicyclic) bond motifs is 1. The second kappa shape index (κ2) is 4.18. The van der Waals surface area contributed by atoms with E-state index >= 15 is 0 Å². The number of benzene rings is 1. The SMILES string of the molecule is Cc1cccc2nc(-c3ccc(C(C)(C)O)s3)[nH]c12. The summed E-state index contributed by atoms with van der Waals surface area (Å²) in [5, 5.41) is 10.0. The summed E-state index contributed by atoms with van der Waals surface area (Å²) in [6.07, 6.45) is 0. The molecule has 1 aromatic carbocycles. The molecule has 0 aliphatic carbocycles. The monoisotopic (exact) mass is 272 g/mol. The lowest BCUT2D eigenvalue weighted by molar-refractivity contribution is 0.0826. The van der Waals surface area contributed by atoms with E-state index in [4.69, 9.17) is 0 Å². The second-order valence-corrected chi connectivity index (χ2v) is 6.36. The van der Waals surface area contributed by atoms with E-state index < -0.39 is 5.60 Å². The van der Waals surface area contributed by atoms with Gasteiger partial charge in [0.1, 0.15) is 5.82 Å². The van der Waals surface area contributed by atoms with Gasteiger partial charge in [0.15, 0.2) is 0 Å². The van der Waals surface area contributed by atoms with Crippen LogP contribution in [0.1, 0.15) is 24.3 Å². The van der Waals surface area contributed by atoms with Gasteiger partial charge >= 0.3 is 0 Å². The van der Waals surface area contributed by atoms with Crippen molar-refractivity contribution in [3.8, 4) is 10.7 Å². The van der Waals surface area contributed by atoms with Crippen molar-refractivity contribution in [1.29, 1.82) is 0 Å². The molecule has 2 heterocycles. The van der Waals surface area contributed by atoms with E-state index in [1.54, 1.807) is 25.2 Å². The van der Waals surface area contributed by atoms with E-state index in [1.807, 2.05) is 24.3 Å². The van der Waals surface area contributed by atoms with Gasteiger partial charge in [0.25, 0.3) is 0 Å². The Morgan fingerprint density at radius 1 is 1.21 bits per heavy atom. The lowest BCUT2D eigenvalue weighted by Gasteiger charge is -2.13. The topological polar surface area (TPSA) is 48.9 Å². The minimum absolute atomic E-state index is 0.801. The summed E-state index contributed by atoms with van der Waals surface area (Å²) in [7, 11) is 0. The number of rotatable bonds is 2. The molecule has 0 radical (unpaired) electrons. The van der Waals surface area contributed by atoms with Crippen molar-refractivity contribution in [3.05, 3.63) is 40.8 Å². The number of hydrogen-bond donors (Lipinski definition) is 2. The van der Waals surface area contributed by atoms with Gasteiger partial charge in [-0.3, -0.25) is 0 Å². The van der Waals surface area contributed by atoms with Crippen molar-refractivity contribution in [3.63, 3.8) is 0 Å². The molecule has 2 N–H and O–H groups in total. The molecule has 0 fully saturated rings. The molecule has 0 saturated carbocycles. The summed E-state index contributed by atoms with van der Waals surface area (Å²) in [4.78, 5) is 9.97. The lowest BCUT2D eigenvalue weighted by Crippen LogP contribution is -2.12. The summed E-state index contributed by atoms with van der Waals surface area (Å²) >= 11 is 1.57. The molecular weight excluding hydrogens is 256 g/mol. The van der Waals surface area contributed by atoms with Crippen molar-refractivity contribution in [2.75, 3.05) is 0 Å². The normalized spacial score (nSPS) is 12.2. The number of nitrogens with one attached hydrogen (secondary N) is 1. The number of aromatic amines is 1. The van der Waals surface area contributed by atoms with Crippen LogP contribution in [-0.2, 0) is 5.60 Å². The summed E-state index contributed by atoms with van der Waals surface area (Å²) in [5.41, 5.74) is 2.45. The maximum Gasteiger partial charge on any atom is 0.148 e. The van der Waals surface area contributed by atoms with E-state index in [0.717, 1.165) is 26.6 Å². The number of hydrogen-bond acceptors (Lipinski definition) is 3. The molecule has 0 aliphatic heterocycles. The quantitative estimate of drug-likeness (QED) is 0.745. The fraction of sp³-hybridized carbons (Fsp3) is 0.267. The molecule has 3 rings (SSSR count). The van der Waals surface area contributed by atoms with E-state index in [9.17, 15) is 5.11 Å². The molecule has 0 atom stereocenters. The summed E-state index contributed by atoms with van der Waals surface area (Å²) in [6.45, 7) is 5.66. The molecule has 19 heavy (non-hydrogen) atoms. The minimum atomic E-state index is -0.801. The van der Waals surface area contributed by atoms with Crippen LogP contribution in [0.4, 0.5) is 0 Å². The van der Waals surface area contributed by atoms with Crippen LogP contribution in [0.15, 0.2) is 30.3 Å². The van der Waals surface area contributed by atoms with Gasteiger partial charge in [0.2, 0.25) is 0 Å².